The van der Waals surface area contributed by atoms with E-state index in [1.54, 1.807) is 6.08 Å². The number of aliphatic hydroxyl groups excluding tert-OH is 3. The summed E-state index contributed by atoms with van der Waals surface area (Å²) in [6, 6.07) is 0. The molecule has 7 aliphatic heterocycles. The monoisotopic (exact) mass is 804 g/mol. The number of fused-ring (bicyclic) bond motifs is 1. The van der Waals surface area contributed by atoms with Crippen LogP contribution in [0, 0.1) is 17.8 Å². The molecule has 3 spiro atoms. The summed E-state index contributed by atoms with van der Waals surface area (Å²) in [5.74, 6) is -3.82. The van der Waals surface area contributed by atoms with Crippen molar-refractivity contribution in [3.63, 3.8) is 0 Å². The zero-order chi connectivity index (χ0) is 40.9. The number of ether oxygens (including phenoxy) is 7. The number of rotatable bonds is 10. The van der Waals surface area contributed by atoms with Crippen LogP contribution in [0.15, 0.2) is 36.0 Å². The molecule has 0 saturated carbocycles. The van der Waals surface area contributed by atoms with Gasteiger partial charge in [-0.1, -0.05) is 45.1 Å². The van der Waals surface area contributed by atoms with Gasteiger partial charge in [0.25, 0.3) is 0 Å². The van der Waals surface area contributed by atoms with Crippen molar-refractivity contribution >= 4 is 5.97 Å². The maximum Gasteiger partial charge on any atom is 0.335 e. The Morgan fingerprint density at radius 3 is 2.49 bits per heavy atom. The zero-order valence-electron chi connectivity index (χ0n) is 34.6. The maximum atomic E-state index is 11.6. The average molecular weight is 805 g/mol. The molecule has 57 heavy (non-hydrogen) atoms. The molecule has 0 bridgehead atoms. The lowest BCUT2D eigenvalue weighted by Crippen LogP contribution is -2.60. The van der Waals surface area contributed by atoms with Gasteiger partial charge in [-0.15, -0.1) is 0 Å². The van der Waals surface area contributed by atoms with Crippen molar-refractivity contribution in [2.45, 2.75) is 209 Å². The highest BCUT2D eigenvalue weighted by Crippen LogP contribution is 2.47. The van der Waals surface area contributed by atoms with Crippen LogP contribution in [0.25, 0.3) is 0 Å². The van der Waals surface area contributed by atoms with E-state index < -0.39 is 71.7 Å². The molecule has 6 saturated heterocycles. The van der Waals surface area contributed by atoms with Crippen molar-refractivity contribution in [2.75, 3.05) is 6.61 Å². The number of aliphatic carboxylic acids is 1. The van der Waals surface area contributed by atoms with Gasteiger partial charge in [0.15, 0.2) is 17.2 Å². The number of hydrogen-bond donors (Lipinski definition) is 5. The fraction of sp³-hybridized carbons (Fsp3) is 0.841. The Balaban J connectivity index is 0.920. The molecular weight excluding hydrogens is 736 g/mol. The summed E-state index contributed by atoms with van der Waals surface area (Å²) in [7, 11) is 0. The molecule has 0 aromatic rings. The summed E-state index contributed by atoms with van der Waals surface area (Å²) in [6.07, 6.45) is 9.37. The van der Waals surface area contributed by atoms with E-state index >= 15 is 0 Å². The number of aliphatic hydroxyl groups is 4. The molecule has 7 heterocycles. The largest absolute Gasteiger partial charge is 0.479 e. The van der Waals surface area contributed by atoms with Crippen LogP contribution < -0.4 is 0 Å². The second kappa shape index (κ2) is 17.0. The Kier molecular flexibility index (Phi) is 12.9. The van der Waals surface area contributed by atoms with Gasteiger partial charge in [-0.25, -0.2) is 4.79 Å². The third kappa shape index (κ3) is 9.15. The summed E-state index contributed by atoms with van der Waals surface area (Å²) in [4.78, 5) is 11.6. The first-order chi connectivity index (χ1) is 26.9. The van der Waals surface area contributed by atoms with Crippen LogP contribution in [0.2, 0.25) is 0 Å². The minimum absolute atomic E-state index is 0.0423. The molecule has 17 atom stereocenters. The third-order valence-corrected chi connectivity index (χ3v) is 14.0. The van der Waals surface area contributed by atoms with Crippen LogP contribution >= 0.6 is 0 Å². The Morgan fingerprint density at radius 1 is 1.00 bits per heavy atom. The molecule has 0 amide bonds. The second-order valence-corrected chi connectivity index (χ2v) is 18.9. The summed E-state index contributed by atoms with van der Waals surface area (Å²) < 4.78 is 45.2. The molecule has 0 radical (unpaired) electrons. The molecule has 13 heteroatoms. The zero-order valence-corrected chi connectivity index (χ0v) is 34.6. The molecule has 6 fully saturated rings. The van der Waals surface area contributed by atoms with Crippen LogP contribution in [-0.4, -0.2) is 122 Å². The predicted octanol–water partition coefficient (Wildman–Crippen LogP) is 5.21. The topological polar surface area (TPSA) is 183 Å². The Hall–Kier alpha value is -1.75. The highest BCUT2D eigenvalue weighted by atomic mass is 16.7. The summed E-state index contributed by atoms with van der Waals surface area (Å²) in [5, 5.41) is 54.0. The van der Waals surface area contributed by atoms with Gasteiger partial charge in [0.1, 0.15) is 24.4 Å². The van der Waals surface area contributed by atoms with Gasteiger partial charge in [0, 0.05) is 38.0 Å². The van der Waals surface area contributed by atoms with Crippen LogP contribution in [-0.2, 0) is 38.0 Å². The molecule has 0 aromatic heterocycles. The fourth-order valence-electron chi connectivity index (χ4n) is 10.5. The van der Waals surface area contributed by atoms with Crippen molar-refractivity contribution in [3.05, 3.63) is 36.0 Å². The second-order valence-electron chi connectivity index (χ2n) is 18.9. The van der Waals surface area contributed by atoms with Gasteiger partial charge >= 0.3 is 5.97 Å². The van der Waals surface area contributed by atoms with E-state index in [1.165, 1.54) is 6.92 Å². The van der Waals surface area contributed by atoms with E-state index in [4.69, 9.17) is 33.2 Å². The lowest BCUT2D eigenvalue weighted by atomic mass is 9.79. The van der Waals surface area contributed by atoms with E-state index in [1.807, 2.05) is 19.9 Å². The Bertz CT molecular complexity index is 1510. The van der Waals surface area contributed by atoms with Crippen LogP contribution in [0.4, 0.5) is 0 Å². The van der Waals surface area contributed by atoms with Gasteiger partial charge in [0.2, 0.25) is 5.79 Å². The summed E-state index contributed by atoms with van der Waals surface area (Å²) in [6.45, 7) is 14.5. The Morgan fingerprint density at radius 2 is 1.75 bits per heavy atom. The van der Waals surface area contributed by atoms with E-state index in [2.05, 4.69) is 26.5 Å². The number of carboxylic acid groups (broad SMARTS) is 1. The third-order valence-electron chi connectivity index (χ3n) is 14.0. The first kappa shape index (κ1) is 43.3. The molecule has 5 N–H and O–H groups in total. The molecule has 16 unspecified atom stereocenters. The van der Waals surface area contributed by atoms with Crippen LogP contribution in [0.3, 0.4) is 0 Å². The van der Waals surface area contributed by atoms with E-state index in [9.17, 15) is 30.3 Å². The fourth-order valence-corrected chi connectivity index (χ4v) is 10.5. The molecule has 7 aliphatic rings. The van der Waals surface area contributed by atoms with Gasteiger partial charge in [-0.3, -0.25) is 0 Å². The van der Waals surface area contributed by atoms with E-state index in [0.29, 0.717) is 56.4 Å². The molecule has 13 nitrogen and oxygen atoms in total. The minimum atomic E-state index is -1.96. The highest BCUT2D eigenvalue weighted by Gasteiger charge is 2.55. The summed E-state index contributed by atoms with van der Waals surface area (Å²) in [5.41, 5.74) is -0.551. The Labute approximate surface area is 337 Å². The standard InChI is InChI=1S/C44H68O13/c1-25-21-34(55-44(23-25)35(46)12-11-31(54-44)24-41(6,50)40(48)49)26(2)9-10-30-14-18-43(53-30)19-15-33-39(57-43)36(47)29(5)38(52-33)32(45)22-28(4)37-27(3)13-17-42(56-37)16-7-8-20-51-42/h9-10,23,26-28,30-39,45-47,50H,5,7-8,11-22,24H2,1-4,6H3,(H,48,49)/t26?,27?,28?,30?,31?,32?,33?,34?,35?,36?,37?,38?,39?,41?,42?,43-,44?/m1/s1. The van der Waals surface area contributed by atoms with E-state index in [-0.39, 0.29) is 36.6 Å². The highest BCUT2D eigenvalue weighted by molar-refractivity contribution is 5.76. The van der Waals surface area contributed by atoms with Crippen molar-refractivity contribution in [2.24, 2.45) is 17.8 Å². The quantitative estimate of drug-likeness (QED) is 0.182. The van der Waals surface area contributed by atoms with Crippen LogP contribution in [0.1, 0.15) is 125 Å². The summed E-state index contributed by atoms with van der Waals surface area (Å²) >= 11 is 0. The normalized spacial score (nSPS) is 45.4. The molecule has 0 aliphatic carbocycles. The number of hydrogen-bond acceptors (Lipinski definition) is 12. The van der Waals surface area contributed by atoms with Gasteiger partial charge in [-0.05, 0) is 95.1 Å². The first-order valence-electron chi connectivity index (χ1n) is 21.7. The van der Waals surface area contributed by atoms with Crippen molar-refractivity contribution in [1.29, 1.82) is 0 Å². The van der Waals surface area contributed by atoms with Gasteiger partial charge < -0.3 is 58.7 Å². The lowest BCUT2D eigenvalue weighted by molar-refractivity contribution is -0.321. The van der Waals surface area contributed by atoms with Crippen LogP contribution in [0.5, 0.6) is 0 Å². The number of carbonyl (C=O) groups is 1. The number of carboxylic acids is 1. The smallest absolute Gasteiger partial charge is 0.335 e. The minimum Gasteiger partial charge on any atom is -0.479 e. The SMILES string of the molecule is C=C1C(O)C2O[C@]3(CCC(C=CC(C)C4CC(C)=CC5(OC(CC(C)(O)C(=O)O)CCC5O)O4)O3)CCC2OC1C(O)CC(C)C1OC2(CCCCO2)CCC1C. The predicted molar refractivity (Wildman–Crippen MR) is 208 cm³/mol. The van der Waals surface area contributed by atoms with Crippen molar-refractivity contribution in [1.82, 2.24) is 0 Å². The van der Waals surface area contributed by atoms with E-state index in [0.717, 1.165) is 50.7 Å². The molecule has 0 aromatic carbocycles. The molecule has 7 rings (SSSR count). The maximum absolute atomic E-state index is 11.6. The van der Waals surface area contributed by atoms with Gasteiger partial charge in [0.05, 0.1) is 43.2 Å². The molecular formula is C44H68O13. The average Bonchev–Trinajstić information content (AvgIpc) is 3.56. The first-order valence-corrected chi connectivity index (χ1v) is 21.7. The molecule has 322 valence electrons. The van der Waals surface area contributed by atoms with Crippen molar-refractivity contribution in [3.8, 4) is 0 Å². The lowest BCUT2D eigenvalue weighted by Gasteiger charge is -2.50. The van der Waals surface area contributed by atoms with Gasteiger partial charge in [-0.2, -0.15) is 0 Å². The van der Waals surface area contributed by atoms with Crippen molar-refractivity contribution < 1.29 is 63.5 Å².